The van der Waals surface area contributed by atoms with Crippen LogP contribution in [0, 0.1) is 0 Å². The molecule has 0 saturated heterocycles. The largest absolute Gasteiger partial charge is 1.00 e. The minimum atomic E-state index is -0.167. The van der Waals surface area contributed by atoms with Crippen molar-refractivity contribution >= 4 is 0 Å². The molecule has 0 aromatic carbocycles. The topological polar surface area (TPSA) is 58.3 Å². The van der Waals surface area contributed by atoms with Gasteiger partial charge in [0, 0.05) is 13.2 Å². The first-order chi connectivity index (χ1) is 3.41. The third kappa shape index (κ3) is 9.99. The fourth-order valence-corrected chi connectivity index (χ4v) is 0.244. The Bertz CT molecular complexity index is 33.2. The van der Waals surface area contributed by atoms with E-state index in [1.807, 2.05) is 0 Å². The predicted octanol–water partition coefficient (Wildman–Crippen LogP) is -4.67. The Hall–Kier alpha value is 0.880. The molecule has 44 valence electrons. The molecule has 0 saturated carbocycles. The molecule has 0 heterocycles. The Morgan fingerprint density at radius 1 is 1.38 bits per heavy atom. The van der Waals surface area contributed by atoms with Crippen molar-refractivity contribution in [2.24, 2.45) is 5.73 Å². The van der Waals surface area contributed by atoms with Gasteiger partial charge in [-0.15, -0.1) is 6.61 Å². The van der Waals surface area contributed by atoms with Crippen LogP contribution in [-0.2, 0) is 4.74 Å². The third-order valence-corrected chi connectivity index (χ3v) is 0.490. The number of hydrogen-bond donors (Lipinski definition) is 1. The van der Waals surface area contributed by atoms with E-state index in [4.69, 9.17) is 10.5 Å². The molecule has 0 aromatic rings. The van der Waals surface area contributed by atoms with Gasteiger partial charge in [0.2, 0.25) is 0 Å². The summed E-state index contributed by atoms with van der Waals surface area (Å²) in [5.41, 5.74) is 5.04. The molecule has 0 aromatic heterocycles. The van der Waals surface area contributed by atoms with Gasteiger partial charge in [-0.3, -0.25) is 0 Å². The molecule has 0 aliphatic heterocycles. The summed E-state index contributed by atoms with van der Waals surface area (Å²) in [7, 11) is 0. The van der Waals surface area contributed by atoms with Gasteiger partial charge in [0.1, 0.15) is 0 Å². The van der Waals surface area contributed by atoms with Gasteiger partial charge in [0.25, 0.3) is 0 Å². The van der Waals surface area contributed by atoms with E-state index in [1.54, 1.807) is 0 Å². The van der Waals surface area contributed by atoms with Crippen LogP contribution in [0.15, 0.2) is 0 Å². The molecule has 0 spiro atoms. The number of hydrogen-bond acceptors (Lipinski definition) is 3. The van der Waals surface area contributed by atoms with Gasteiger partial charge >= 0.3 is 29.6 Å². The van der Waals surface area contributed by atoms with Crippen LogP contribution < -0.4 is 40.4 Å². The first kappa shape index (κ1) is 11.6. The van der Waals surface area contributed by atoms with Crippen LogP contribution in [0.2, 0.25) is 0 Å². The summed E-state index contributed by atoms with van der Waals surface area (Å²) in [6.45, 7) is 1.12. The maximum absolute atomic E-state index is 9.64. The van der Waals surface area contributed by atoms with Gasteiger partial charge in [-0.1, -0.05) is 0 Å². The summed E-state index contributed by atoms with van der Waals surface area (Å²) in [6, 6.07) is 0. The van der Waals surface area contributed by atoms with E-state index < -0.39 is 0 Å². The number of rotatable bonds is 4. The quantitative estimate of drug-likeness (QED) is 0.305. The summed E-state index contributed by atoms with van der Waals surface area (Å²) in [5, 5.41) is 9.64. The van der Waals surface area contributed by atoms with Crippen LogP contribution in [0.5, 0.6) is 0 Å². The van der Waals surface area contributed by atoms with E-state index in [0.717, 1.165) is 0 Å². The summed E-state index contributed by atoms with van der Waals surface area (Å²) < 4.78 is 4.69. The molecule has 0 bridgehead atoms. The van der Waals surface area contributed by atoms with Crippen molar-refractivity contribution in [3.05, 3.63) is 0 Å². The van der Waals surface area contributed by atoms with Crippen molar-refractivity contribution in [1.82, 2.24) is 0 Å². The first-order valence-corrected chi connectivity index (χ1v) is 2.27. The Labute approximate surface area is 71.5 Å². The SMILES string of the molecule is NCCOCC[O-].[Na+]. The van der Waals surface area contributed by atoms with Crippen molar-refractivity contribution in [2.45, 2.75) is 0 Å². The van der Waals surface area contributed by atoms with Crippen molar-refractivity contribution < 1.29 is 39.4 Å². The maximum atomic E-state index is 9.64. The average Bonchev–Trinajstić information content (AvgIpc) is 1.69. The maximum Gasteiger partial charge on any atom is 1.00 e. The zero-order valence-electron chi connectivity index (χ0n) is 5.22. The normalized spacial score (nSPS) is 8.25. The van der Waals surface area contributed by atoms with Crippen LogP contribution in [0.25, 0.3) is 0 Å². The Balaban J connectivity index is 0. The molecule has 0 aliphatic carbocycles. The molecule has 0 rings (SSSR count). The van der Waals surface area contributed by atoms with Crippen LogP contribution in [0.4, 0.5) is 0 Å². The molecule has 0 atom stereocenters. The first-order valence-electron chi connectivity index (χ1n) is 2.27. The van der Waals surface area contributed by atoms with E-state index in [2.05, 4.69) is 0 Å². The summed E-state index contributed by atoms with van der Waals surface area (Å²) in [6.07, 6.45) is 0. The number of ether oxygens (including phenoxy) is 1. The molecule has 3 nitrogen and oxygen atoms in total. The van der Waals surface area contributed by atoms with E-state index in [1.165, 1.54) is 0 Å². The fraction of sp³-hybridized carbons (Fsp3) is 1.00. The molecule has 0 unspecified atom stereocenters. The van der Waals surface area contributed by atoms with Crippen LogP contribution in [0.3, 0.4) is 0 Å². The molecule has 2 N–H and O–H groups in total. The van der Waals surface area contributed by atoms with E-state index in [-0.39, 0.29) is 42.8 Å². The van der Waals surface area contributed by atoms with Gasteiger partial charge in [-0.05, 0) is 0 Å². The third-order valence-electron chi connectivity index (χ3n) is 0.490. The standard InChI is InChI=1S/C4H10NO2.Na/c5-1-3-7-4-2-6;/h1-5H2;/q-1;+1. The van der Waals surface area contributed by atoms with Crippen LogP contribution in [0.1, 0.15) is 0 Å². The molecular weight excluding hydrogens is 117 g/mol. The summed E-state index contributed by atoms with van der Waals surface area (Å²) in [5.74, 6) is 0. The van der Waals surface area contributed by atoms with Gasteiger partial charge < -0.3 is 15.6 Å². The van der Waals surface area contributed by atoms with E-state index >= 15 is 0 Å². The summed E-state index contributed by atoms with van der Waals surface area (Å²) >= 11 is 0. The van der Waals surface area contributed by atoms with Crippen LogP contribution >= 0.6 is 0 Å². The van der Waals surface area contributed by atoms with Gasteiger partial charge in [-0.25, -0.2) is 0 Å². The Morgan fingerprint density at radius 2 is 2.00 bits per heavy atom. The van der Waals surface area contributed by atoms with Crippen molar-refractivity contribution in [3.8, 4) is 0 Å². The smallest absolute Gasteiger partial charge is 0.853 e. The van der Waals surface area contributed by atoms with E-state index in [9.17, 15) is 5.11 Å². The monoisotopic (exact) mass is 127 g/mol. The average molecular weight is 127 g/mol. The minimum Gasteiger partial charge on any atom is -0.853 e. The Morgan fingerprint density at radius 3 is 2.38 bits per heavy atom. The van der Waals surface area contributed by atoms with Gasteiger partial charge in [0.05, 0.1) is 6.61 Å². The Kier molecular flexibility index (Phi) is 15.7. The summed E-state index contributed by atoms with van der Waals surface area (Å²) in [4.78, 5) is 0. The van der Waals surface area contributed by atoms with Crippen LogP contribution in [-0.4, -0.2) is 26.4 Å². The zero-order valence-corrected chi connectivity index (χ0v) is 7.22. The molecule has 8 heavy (non-hydrogen) atoms. The molecular formula is C4H10NNaO2. The molecule has 0 amide bonds. The predicted molar refractivity (Wildman–Crippen MR) is 24.7 cm³/mol. The van der Waals surface area contributed by atoms with Gasteiger partial charge in [0.15, 0.2) is 0 Å². The fourth-order valence-electron chi connectivity index (χ4n) is 0.244. The molecule has 0 aliphatic rings. The molecule has 0 radical (unpaired) electrons. The van der Waals surface area contributed by atoms with Crippen molar-refractivity contribution in [3.63, 3.8) is 0 Å². The molecule has 4 heteroatoms. The second kappa shape index (κ2) is 10.8. The zero-order chi connectivity index (χ0) is 5.54. The van der Waals surface area contributed by atoms with E-state index in [0.29, 0.717) is 13.2 Å². The molecule has 0 fully saturated rings. The minimum absolute atomic E-state index is 0. The number of nitrogens with two attached hydrogens (primary N) is 1. The van der Waals surface area contributed by atoms with Crippen molar-refractivity contribution in [1.29, 1.82) is 0 Å². The van der Waals surface area contributed by atoms with Crippen molar-refractivity contribution in [2.75, 3.05) is 26.4 Å². The second-order valence-electron chi connectivity index (χ2n) is 1.11. The van der Waals surface area contributed by atoms with Gasteiger partial charge in [-0.2, -0.15) is 0 Å². The second-order valence-corrected chi connectivity index (χ2v) is 1.11.